The zero-order chi connectivity index (χ0) is 19.9. The lowest BCUT2D eigenvalue weighted by molar-refractivity contribution is 0.173. The molecule has 0 saturated carbocycles. The second-order valence-electron chi connectivity index (χ2n) is 6.56. The van der Waals surface area contributed by atoms with Crippen molar-refractivity contribution in [1.29, 1.82) is 0 Å². The fraction of sp³-hybridized carbons (Fsp3) is 0.333. The summed E-state index contributed by atoms with van der Waals surface area (Å²) < 4.78 is 38.1. The van der Waals surface area contributed by atoms with Gasteiger partial charge in [-0.3, -0.25) is 4.90 Å². The Morgan fingerprint density at radius 3 is 2.29 bits per heavy atom. The molecule has 150 valence electrons. The van der Waals surface area contributed by atoms with Crippen molar-refractivity contribution in [3.05, 3.63) is 51.0 Å². The minimum Gasteiger partial charge on any atom is -0.454 e. The molecule has 0 unspecified atom stereocenters. The highest BCUT2D eigenvalue weighted by molar-refractivity contribution is 7.89. The molecule has 28 heavy (non-hydrogen) atoms. The zero-order valence-corrected chi connectivity index (χ0v) is 17.8. The van der Waals surface area contributed by atoms with Crippen molar-refractivity contribution in [3.8, 4) is 11.5 Å². The Kier molecular flexibility index (Phi) is 5.66. The van der Waals surface area contributed by atoms with Crippen LogP contribution in [0.2, 0.25) is 15.1 Å². The van der Waals surface area contributed by atoms with Gasteiger partial charge in [0, 0.05) is 32.7 Å². The molecule has 1 saturated heterocycles. The standard InChI is InChI=1S/C18H17Cl3N2O4S/c19-13-8-15(21)18(9-14(13)20)28(24,25)23-5-3-22(4-6-23)10-12-1-2-16-17(7-12)27-11-26-16/h1-2,7-9H,3-6,10-11H2. The van der Waals surface area contributed by atoms with E-state index >= 15 is 0 Å². The van der Waals surface area contributed by atoms with Gasteiger partial charge in [-0.1, -0.05) is 40.9 Å². The molecule has 0 spiro atoms. The van der Waals surface area contributed by atoms with Crippen LogP contribution in [0.5, 0.6) is 11.5 Å². The van der Waals surface area contributed by atoms with E-state index < -0.39 is 10.0 Å². The third kappa shape index (κ3) is 3.92. The van der Waals surface area contributed by atoms with E-state index in [1.807, 2.05) is 18.2 Å². The molecular formula is C18H17Cl3N2O4S. The first-order valence-corrected chi connectivity index (χ1v) is 11.2. The highest BCUT2D eigenvalue weighted by Gasteiger charge is 2.31. The first kappa shape index (κ1) is 20.1. The summed E-state index contributed by atoms with van der Waals surface area (Å²) in [6, 6.07) is 8.51. The van der Waals surface area contributed by atoms with Crippen LogP contribution in [0, 0.1) is 0 Å². The van der Waals surface area contributed by atoms with Gasteiger partial charge in [-0.25, -0.2) is 8.42 Å². The number of hydrogen-bond acceptors (Lipinski definition) is 5. The average molecular weight is 464 g/mol. The van der Waals surface area contributed by atoms with Crippen LogP contribution >= 0.6 is 34.8 Å². The lowest BCUT2D eigenvalue weighted by Crippen LogP contribution is -2.48. The van der Waals surface area contributed by atoms with Crippen molar-refractivity contribution in [2.75, 3.05) is 33.0 Å². The molecule has 0 aliphatic carbocycles. The van der Waals surface area contributed by atoms with E-state index in [1.54, 1.807) is 0 Å². The molecule has 2 aromatic rings. The molecule has 2 aliphatic heterocycles. The van der Waals surface area contributed by atoms with Crippen molar-refractivity contribution < 1.29 is 17.9 Å². The fourth-order valence-corrected chi connectivity index (χ4v) is 5.66. The molecule has 2 aliphatic rings. The van der Waals surface area contributed by atoms with Gasteiger partial charge >= 0.3 is 0 Å². The van der Waals surface area contributed by atoms with E-state index in [0.29, 0.717) is 32.7 Å². The quantitative estimate of drug-likeness (QED) is 0.644. The van der Waals surface area contributed by atoms with Crippen molar-refractivity contribution in [1.82, 2.24) is 9.21 Å². The van der Waals surface area contributed by atoms with Crippen LogP contribution < -0.4 is 9.47 Å². The van der Waals surface area contributed by atoms with Crippen molar-refractivity contribution in [2.45, 2.75) is 11.4 Å². The van der Waals surface area contributed by atoms with Gasteiger partial charge in [0.2, 0.25) is 16.8 Å². The van der Waals surface area contributed by atoms with E-state index in [2.05, 4.69) is 4.90 Å². The smallest absolute Gasteiger partial charge is 0.244 e. The van der Waals surface area contributed by atoms with E-state index in [1.165, 1.54) is 16.4 Å². The Bertz CT molecular complexity index is 1010. The molecule has 2 aromatic carbocycles. The Labute approximate surface area is 178 Å². The van der Waals surface area contributed by atoms with Gasteiger partial charge in [0.15, 0.2) is 11.5 Å². The highest BCUT2D eigenvalue weighted by atomic mass is 35.5. The first-order chi connectivity index (χ1) is 13.3. The summed E-state index contributed by atoms with van der Waals surface area (Å²) in [6.45, 7) is 2.89. The second-order valence-corrected chi connectivity index (χ2v) is 9.69. The van der Waals surface area contributed by atoms with E-state index in [-0.39, 0.29) is 26.8 Å². The number of benzene rings is 2. The van der Waals surface area contributed by atoms with Gasteiger partial charge in [0.25, 0.3) is 0 Å². The summed E-state index contributed by atoms with van der Waals surface area (Å²) in [4.78, 5) is 2.17. The minimum atomic E-state index is -3.74. The highest BCUT2D eigenvalue weighted by Crippen LogP contribution is 2.34. The van der Waals surface area contributed by atoms with Crippen LogP contribution in [-0.2, 0) is 16.6 Å². The molecule has 2 heterocycles. The molecule has 1 fully saturated rings. The van der Waals surface area contributed by atoms with Crippen LogP contribution in [0.3, 0.4) is 0 Å². The average Bonchev–Trinajstić information content (AvgIpc) is 3.13. The number of hydrogen-bond donors (Lipinski definition) is 0. The lowest BCUT2D eigenvalue weighted by Gasteiger charge is -2.34. The number of halogens is 3. The lowest BCUT2D eigenvalue weighted by atomic mass is 10.2. The molecule has 10 heteroatoms. The summed E-state index contributed by atoms with van der Waals surface area (Å²) in [6.07, 6.45) is 0. The molecule has 0 radical (unpaired) electrons. The number of sulfonamides is 1. The molecule has 4 rings (SSSR count). The van der Waals surface area contributed by atoms with Crippen molar-refractivity contribution in [2.24, 2.45) is 0 Å². The van der Waals surface area contributed by atoms with Crippen LogP contribution in [0.4, 0.5) is 0 Å². The topological polar surface area (TPSA) is 59.1 Å². The molecule has 0 N–H and O–H groups in total. The van der Waals surface area contributed by atoms with Gasteiger partial charge in [-0.05, 0) is 29.8 Å². The number of rotatable bonds is 4. The van der Waals surface area contributed by atoms with Gasteiger partial charge < -0.3 is 9.47 Å². The normalized spacial score (nSPS) is 17.8. The van der Waals surface area contributed by atoms with Crippen LogP contribution in [0.15, 0.2) is 35.2 Å². The third-order valence-corrected chi connectivity index (χ3v) is 7.85. The van der Waals surface area contributed by atoms with Crippen molar-refractivity contribution >= 4 is 44.8 Å². The summed E-state index contributed by atoms with van der Waals surface area (Å²) >= 11 is 18.0. The predicted molar refractivity (Wildman–Crippen MR) is 108 cm³/mol. The Morgan fingerprint density at radius 2 is 1.54 bits per heavy atom. The van der Waals surface area contributed by atoms with E-state index in [4.69, 9.17) is 44.3 Å². The second kappa shape index (κ2) is 7.89. The van der Waals surface area contributed by atoms with Crippen LogP contribution in [0.1, 0.15) is 5.56 Å². The minimum absolute atomic E-state index is 0.0206. The summed E-state index contributed by atoms with van der Waals surface area (Å²) in [5, 5.41) is 0.447. The predicted octanol–water partition coefficient (Wildman–Crippen LogP) is 3.88. The Balaban J connectivity index is 1.43. The van der Waals surface area contributed by atoms with Gasteiger partial charge in [0.05, 0.1) is 15.1 Å². The number of piperazine rings is 1. The monoisotopic (exact) mass is 462 g/mol. The third-order valence-electron chi connectivity index (χ3n) is 4.77. The maximum atomic E-state index is 13.0. The first-order valence-electron chi connectivity index (χ1n) is 8.60. The van der Waals surface area contributed by atoms with Crippen LogP contribution in [0.25, 0.3) is 0 Å². The number of nitrogens with zero attached hydrogens (tertiary/aromatic N) is 2. The number of fused-ring (bicyclic) bond motifs is 1. The van der Waals surface area contributed by atoms with Gasteiger partial charge in [0.1, 0.15) is 4.90 Å². The van der Waals surface area contributed by atoms with E-state index in [0.717, 1.165) is 17.1 Å². The van der Waals surface area contributed by atoms with Gasteiger partial charge in [-0.2, -0.15) is 4.31 Å². The molecular weight excluding hydrogens is 447 g/mol. The van der Waals surface area contributed by atoms with E-state index in [9.17, 15) is 8.42 Å². The SMILES string of the molecule is O=S(=O)(c1cc(Cl)c(Cl)cc1Cl)N1CCN(Cc2ccc3c(c2)OCO3)CC1. The Morgan fingerprint density at radius 1 is 0.857 bits per heavy atom. The molecule has 0 amide bonds. The summed E-state index contributed by atoms with van der Waals surface area (Å²) in [5.74, 6) is 1.49. The largest absolute Gasteiger partial charge is 0.454 e. The fourth-order valence-electron chi connectivity index (χ4n) is 3.27. The molecule has 6 nitrogen and oxygen atoms in total. The van der Waals surface area contributed by atoms with Gasteiger partial charge in [-0.15, -0.1) is 0 Å². The maximum Gasteiger partial charge on any atom is 0.244 e. The Hall–Kier alpha value is -1.22. The zero-order valence-electron chi connectivity index (χ0n) is 14.7. The molecule has 0 atom stereocenters. The number of ether oxygens (including phenoxy) is 2. The summed E-state index contributed by atoms with van der Waals surface area (Å²) in [5.41, 5.74) is 1.09. The molecule has 0 bridgehead atoms. The molecule has 0 aromatic heterocycles. The maximum absolute atomic E-state index is 13.0. The summed E-state index contributed by atoms with van der Waals surface area (Å²) in [7, 11) is -3.74. The van der Waals surface area contributed by atoms with Crippen molar-refractivity contribution in [3.63, 3.8) is 0 Å². The van der Waals surface area contributed by atoms with Crippen LogP contribution in [-0.4, -0.2) is 50.6 Å².